The van der Waals surface area contributed by atoms with Gasteiger partial charge in [0.2, 0.25) is 11.9 Å². The molecule has 0 aromatic carbocycles. The number of likely N-dealkylation sites (N-methyl/N-ethyl adjacent to an activating group) is 1. The minimum atomic E-state index is -0.524. The molecule has 0 spiro atoms. The first-order chi connectivity index (χ1) is 9.97. The van der Waals surface area contributed by atoms with Crippen molar-refractivity contribution in [3.63, 3.8) is 0 Å². The molecule has 0 saturated carbocycles. The van der Waals surface area contributed by atoms with Crippen molar-refractivity contribution in [2.24, 2.45) is 4.99 Å². The number of hydrogen-bond donors (Lipinski definition) is 1. The molecule has 2 aliphatic rings. The lowest BCUT2D eigenvalue weighted by molar-refractivity contribution is -0.682. The molecule has 1 fully saturated rings. The highest BCUT2D eigenvalue weighted by atomic mass is 16.2. The maximum absolute atomic E-state index is 12.8. The van der Waals surface area contributed by atoms with Crippen molar-refractivity contribution in [1.82, 2.24) is 14.8 Å². The highest BCUT2D eigenvalue weighted by molar-refractivity contribution is 6.19. The maximum atomic E-state index is 12.8. The fraction of sp³-hybridized carbons (Fsp3) is 0.571. The minimum absolute atomic E-state index is 0.184. The minimum Gasteiger partial charge on any atom is -0.270 e. The Balaban J connectivity index is 2.04. The molecule has 2 aliphatic heterocycles. The predicted molar refractivity (Wildman–Crippen MR) is 76.4 cm³/mol. The van der Waals surface area contributed by atoms with Crippen LogP contribution in [0.25, 0.3) is 0 Å². The van der Waals surface area contributed by atoms with E-state index in [1.54, 1.807) is 7.05 Å². The second-order valence-electron chi connectivity index (χ2n) is 5.59. The van der Waals surface area contributed by atoms with Crippen LogP contribution in [-0.4, -0.2) is 46.2 Å². The molecule has 1 N–H and O–H groups in total. The normalized spacial score (nSPS) is 20.8. The van der Waals surface area contributed by atoms with E-state index in [4.69, 9.17) is 0 Å². The van der Waals surface area contributed by atoms with E-state index >= 15 is 0 Å². The predicted octanol–water partition coefficient (Wildman–Crippen LogP) is 1.20. The third-order valence-corrected chi connectivity index (χ3v) is 4.25. The summed E-state index contributed by atoms with van der Waals surface area (Å²) in [7, 11) is 1.67. The molecule has 0 aliphatic carbocycles. The average Bonchev–Trinajstić information content (AvgIpc) is 2.95. The summed E-state index contributed by atoms with van der Waals surface area (Å²) in [6.07, 6.45) is 1.75. The van der Waals surface area contributed by atoms with Crippen LogP contribution in [0, 0.1) is 13.8 Å². The van der Waals surface area contributed by atoms with Crippen LogP contribution in [0.3, 0.4) is 0 Å². The van der Waals surface area contributed by atoms with Gasteiger partial charge in [-0.05, 0) is 20.3 Å². The topological polar surface area (TPSA) is 72.7 Å². The van der Waals surface area contributed by atoms with E-state index in [1.807, 2.05) is 25.3 Å². The van der Waals surface area contributed by atoms with Crippen molar-refractivity contribution < 1.29 is 14.2 Å². The first kappa shape index (κ1) is 13.8. The summed E-state index contributed by atoms with van der Waals surface area (Å²) in [6.45, 7) is 6.40. The van der Waals surface area contributed by atoms with Crippen LogP contribution in [0.1, 0.15) is 37.2 Å². The van der Waals surface area contributed by atoms with E-state index in [1.165, 1.54) is 9.80 Å². The molecular weight excluding hydrogens is 270 g/mol. The highest BCUT2D eigenvalue weighted by Crippen LogP contribution is 2.28. The van der Waals surface area contributed by atoms with Crippen LogP contribution < -0.4 is 4.57 Å². The lowest BCUT2D eigenvalue weighted by Crippen LogP contribution is -2.63. The van der Waals surface area contributed by atoms with Crippen LogP contribution in [0.15, 0.2) is 4.99 Å². The largest absolute Gasteiger partial charge is 0.399 e. The first-order valence-corrected chi connectivity index (χ1v) is 7.25. The third kappa shape index (κ3) is 1.80. The van der Waals surface area contributed by atoms with Crippen LogP contribution in [-0.2, 0) is 4.79 Å². The van der Waals surface area contributed by atoms with Crippen molar-refractivity contribution in [2.45, 2.75) is 39.7 Å². The van der Waals surface area contributed by atoms with E-state index in [2.05, 4.69) is 9.98 Å². The number of nitrogens with zero attached hydrogens (tertiary/aromatic N) is 4. The number of fused-ring (bicyclic) bond motifs is 3. The number of nitrogens with one attached hydrogen (secondary N) is 1. The van der Waals surface area contributed by atoms with Gasteiger partial charge in [0.25, 0.3) is 5.91 Å². The van der Waals surface area contributed by atoms with Gasteiger partial charge < -0.3 is 0 Å². The number of imide groups is 1. The molecule has 0 bridgehead atoms. The summed E-state index contributed by atoms with van der Waals surface area (Å²) >= 11 is 0. The Morgan fingerprint density at radius 1 is 1.33 bits per heavy atom. The zero-order chi connectivity index (χ0) is 15.3. The summed E-state index contributed by atoms with van der Waals surface area (Å²) in [4.78, 5) is 35.5. The number of unbranched alkanes of at least 4 members (excludes halogenated alkanes) is 1. The molecule has 112 valence electrons. The molecule has 1 atom stereocenters. The van der Waals surface area contributed by atoms with Gasteiger partial charge in [-0.25, -0.2) is 14.3 Å². The van der Waals surface area contributed by atoms with Gasteiger partial charge in [-0.2, -0.15) is 0 Å². The number of amides is 3. The SMILES string of the molecule is CCCCN1C(=O)C2C(=Nc3[nH]c(C)c(C)[n+]32)N(C)C1=O. The van der Waals surface area contributed by atoms with Gasteiger partial charge in [-0.1, -0.05) is 18.3 Å². The molecule has 7 nitrogen and oxygen atoms in total. The monoisotopic (exact) mass is 290 g/mol. The molecule has 3 amide bonds. The Kier molecular flexibility index (Phi) is 3.07. The van der Waals surface area contributed by atoms with Gasteiger partial charge in [0.05, 0.1) is 0 Å². The third-order valence-electron chi connectivity index (χ3n) is 4.25. The van der Waals surface area contributed by atoms with Crippen LogP contribution in [0.4, 0.5) is 10.7 Å². The summed E-state index contributed by atoms with van der Waals surface area (Å²) in [5, 5.41) is 0. The van der Waals surface area contributed by atoms with Gasteiger partial charge in [-0.15, -0.1) is 0 Å². The quantitative estimate of drug-likeness (QED) is 0.849. The number of aromatic nitrogens is 2. The molecular formula is C14H20N5O2+. The van der Waals surface area contributed by atoms with E-state index in [-0.39, 0.29) is 11.9 Å². The number of imidazole rings is 1. The lowest BCUT2D eigenvalue weighted by Gasteiger charge is -2.33. The molecule has 21 heavy (non-hydrogen) atoms. The number of rotatable bonds is 3. The number of hydrogen-bond acceptors (Lipinski definition) is 3. The van der Waals surface area contributed by atoms with Crippen LogP contribution in [0.2, 0.25) is 0 Å². The Labute approximate surface area is 123 Å². The lowest BCUT2D eigenvalue weighted by atomic mass is 10.1. The van der Waals surface area contributed by atoms with Crippen LogP contribution >= 0.6 is 0 Å². The molecule has 1 aromatic heterocycles. The fourth-order valence-corrected chi connectivity index (χ4v) is 2.86. The van der Waals surface area contributed by atoms with Crippen molar-refractivity contribution in [3.05, 3.63) is 11.4 Å². The molecule has 3 heterocycles. The zero-order valence-corrected chi connectivity index (χ0v) is 12.8. The Morgan fingerprint density at radius 2 is 2.05 bits per heavy atom. The smallest absolute Gasteiger partial charge is 0.270 e. The molecule has 7 heteroatoms. The van der Waals surface area contributed by atoms with Gasteiger partial charge in [0, 0.05) is 13.6 Å². The Morgan fingerprint density at radius 3 is 2.71 bits per heavy atom. The molecule has 1 unspecified atom stereocenters. The maximum Gasteiger partial charge on any atom is 0.399 e. The van der Waals surface area contributed by atoms with E-state index in [0.29, 0.717) is 18.3 Å². The second kappa shape index (κ2) is 4.68. The van der Waals surface area contributed by atoms with E-state index < -0.39 is 6.04 Å². The second-order valence-corrected chi connectivity index (χ2v) is 5.59. The van der Waals surface area contributed by atoms with Crippen molar-refractivity contribution >= 4 is 23.7 Å². The zero-order valence-electron chi connectivity index (χ0n) is 12.8. The van der Waals surface area contributed by atoms with Crippen molar-refractivity contribution in [3.8, 4) is 0 Å². The number of urea groups is 1. The Bertz CT molecular complexity index is 661. The number of carbonyl (C=O) groups excluding carboxylic acids is 2. The van der Waals surface area contributed by atoms with Gasteiger partial charge in [0.15, 0.2) is 0 Å². The van der Waals surface area contributed by atoms with Gasteiger partial charge >= 0.3 is 12.0 Å². The summed E-state index contributed by atoms with van der Waals surface area (Å²) in [6, 6.07) is -0.812. The number of aryl methyl sites for hydroxylation is 1. The van der Waals surface area contributed by atoms with Crippen LogP contribution in [0.5, 0.6) is 0 Å². The van der Waals surface area contributed by atoms with Crippen molar-refractivity contribution in [1.29, 1.82) is 0 Å². The Hall–Kier alpha value is -2.18. The molecule has 3 rings (SSSR count). The number of amidine groups is 1. The highest BCUT2D eigenvalue weighted by Gasteiger charge is 2.52. The standard InChI is InChI=1S/C14H19N5O2/c1-5-6-7-18-12(20)10-11(17(4)14(18)21)16-13-15-8(2)9(3)19(10)13/h10H,5-7H2,1-4H3/p+1. The number of aromatic amines is 1. The summed E-state index contributed by atoms with van der Waals surface area (Å²) in [5.74, 6) is 0.957. The molecule has 0 radical (unpaired) electrons. The average molecular weight is 290 g/mol. The fourth-order valence-electron chi connectivity index (χ4n) is 2.86. The van der Waals surface area contributed by atoms with E-state index in [0.717, 1.165) is 24.2 Å². The number of aliphatic imine (C=N–C) groups is 1. The molecule has 1 aromatic rings. The van der Waals surface area contributed by atoms with Crippen molar-refractivity contribution in [2.75, 3.05) is 13.6 Å². The number of carbonyl (C=O) groups is 2. The van der Waals surface area contributed by atoms with Gasteiger partial charge in [-0.3, -0.25) is 14.6 Å². The first-order valence-electron chi connectivity index (χ1n) is 7.25. The van der Waals surface area contributed by atoms with Gasteiger partial charge in [0.1, 0.15) is 11.4 Å². The number of H-pyrrole nitrogens is 1. The van der Waals surface area contributed by atoms with E-state index in [9.17, 15) is 9.59 Å². The summed E-state index contributed by atoms with van der Waals surface area (Å²) < 4.78 is 1.88. The summed E-state index contributed by atoms with van der Waals surface area (Å²) in [5.41, 5.74) is 1.96. The molecule has 1 saturated heterocycles.